The van der Waals surface area contributed by atoms with Crippen molar-refractivity contribution in [3.63, 3.8) is 0 Å². The van der Waals surface area contributed by atoms with Gasteiger partial charge in [-0.2, -0.15) is 0 Å². The molecule has 0 aliphatic carbocycles. The summed E-state index contributed by atoms with van der Waals surface area (Å²) < 4.78 is 11.5. The predicted molar refractivity (Wildman–Crippen MR) is 164 cm³/mol. The van der Waals surface area contributed by atoms with Gasteiger partial charge in [-0.3, -0.25) is 4.79 Å². The summed E-state index contributed by atoms with van der Waals surface area (Å²) in [5.41, 5.74) is 3.18. The lowest BCUT2D eigenvalue weighted by Crippen LogP contribution is -2.27. The Balaban J connectivity index is 1.38. The summed E-state index contributed by atoms with van der Waals surface area (Å²) in [5, 5.41) is -0.745. The van der Waals surface area contributed by atoms with E-state index in [1.165, 1.54) is 57.8 Å². The number of benzene rings is 3. The zero-order chi connectivity index (χ0) is 27.7. The number of esters is 1. The van der Waals surface area contributed by atoms with E-state index in [0.29, 0.717) is 5.75 Å². The Kier molecular flexibility index (Phi) is 14.0. The lowest BCUT2D eigenvalue weighted by molar-refractivity contribution is -0.134. The number of hydrogen-bond acceptors (Lipinski definition) is 3. The molecule has 0 aromatic heterocycles. The molecule has 0 saturated heterocycles. The lowest BCUT2D eigenvalue weighted by atomic mass is 9.93. The molecule has 3 aromatic carbocycles. The zero-order valence-electron chi connectivity index (χ0n) is 23.7. The van der Waals surface area contributed by atoms with Crippen molar-refractivity contribution >= 4 is 17.6 Å². The van der Waals surface area contributed by atoms with Gasteiger partial charge in [0.2, 0.25) is 0 Å². The third kappa shape index (κ3) is 10.7. The second kappa shape index (κ2) is 17.7. The second-order valence-corrected chi connectivity index (χ2v) is 10.8. The maximum Gasteiger partial charge on any atom is 0.330 e. The molecule has 2 unspecified atom stereocenters. The van der Waals surface area contributed by atoms with Crippen molar-refractivity contribution in [1.29, 1.82) is 0 Å². The second-order valence-electron chi connectivity index (χ2n) is 10.3. The van der Waals surface area contributed by atoms with Crippen molar-refractivity contribution in [2.45, 2.75) is 95.8 Å². The van der Waals surface area contributed by atoms with Gasteiger partial charge in [-0.25, -0.2) is 0 Å². The van der Waals surface area contributed by atoms with E-state index < -0.39 is 11.3 Å². The highest BCUT2D eigenvalue weighted by Gasteiger charge is 2.28. The number of halogens is 1. The van der Waals surface area contributed by atoms with Crippen molar-refractivity contribution in [3.8, 4) is 22.6 Å². The third-order valence-electron chi connectivity index (χ3n) is 7.27. The molecule has 3 aromatic rings. The van der Waals surface area contributed by atoms with Crippen LogP contribution in [0.4, 0.5) is 0 Å². The minimum Gasteiger partial charge on any atom is -0.494 e. The molecule has 0 N–H and O–H groups in total. The number of unbranched alkanes of at least 4 members (excludes halogenated alkanes) is 9. The minimum atomic E-state index is -0.745. The van der Waals surface area contributed by atoms with Crippen LogP contribution < -0.4 is 9.47 Å². The van der Waals surface area contributed by atoms with Gasteiger partial charge in [0.15, 0.2) is 0 Å². The monoisotopic (exact) mass is 548 g/mol. The normalized spacial score (nSPS) is 12.6. The Labute approximate surface area is 240 Å². The van der Waals surface area contributed by atoms with Crippen molar-refractivity contribution in [1.82, 2.24) is 0 Å². The van der Waals surface area contributed by atoms with E-state index in [-0.39, 0.29) is 5.92 Å². The molecule has 4 heteroatoms. The van der Waals surface area contributed by atoms with Gasteiger partial charge in [-0.05, 0) is 53.8 Å². The molecule has 0 saturated carbocycles. The fourth-order valence-electron chi connectivity index (χ4n) is 4.89. The van der Waals surface area contributed by atoms with E-state index in [2.05, 4.69) is 19.1 Å². The maximum atomic E-state index is 12.7. The first-order valence-electron chi connectivity index (χ1n) is 14.9. The van der Waals surface area contributed by atoms with Crippen LogP contribution in [0.25, 0.3) is 11.1 Å². The minimum absolute atomic E-state index is 0.0921. The van der Waals surface area contributed by atoms with Crippen LogP contribution >= 0.6 is 11.6 Å². The Morgan fingerprint density at radius 1 is 0.667 bits per heavy atom. The Hall–Kier alpha value is -2.78. The molecule has 0 bridgehead atoms. The molecular formula is C35H45ClO3. The molecule has 0 heterocycles. The van der Waals surface area contributed by atoms with Gasteiger partial charge in [0.05, 0.1) is 6.61 Å². The van der Waals surface area contributed by atoms with E-state index in [1.54, 1.807) is 0 Å². The average Bonchev–Trinajstić information content (AvgIpc) is 2.97. The predicted octanol–water partition coefficient (Wildman–Crippen LogP) is 10.4. The highest BCUT2D eigenvalue weighted by atomic mass is 35.5. The number of rotatable bonds is 18. The number of carbonyl (C=O) groups excluding carboxylic acids is 1. The molecule has 3 nitrogen and oxygen atoms in total. The lowest BCUT2D eigenvalue weighted by Gasteiger charge is -2.20. The van der Waals surface area contributed by atoms with Gasteiger partial charge in [0.1, 0.15) is 16.9 Å². The highest BCUT2D eigenvalue weighted by Crippen LogP contribution is 2.29. The quantitative estimate of drug-likeness (QED) is 0.0686. The number of ether oxygens (including phenoxy) is 2. The molecule has 0 radical (unpaired) electrons. The summed E-state index contributed by atoms with van der Waals surface area (Å²) in [6, 6.07) is 25.6. The van der Waals surface area contributed by atoms with Crippen molar-refractivity contribution in [3.05, 3.63) is 84.4 Å². The zero-order valence-corrected chi connectivity index (χ0v) is 24.5. The van der Waals surface area contributed by atoms with Gasteiger partial charge in [-0.15, -0.1) is 11.6 Å². The molecule has 0 spiro atoms. The topological polar surface area (TPSA) is 35.5 Å². The van der Waals surface area contributed by atoms with Crippen LogP contribution in [0.15, 0.2) is 78.9 Å². The first-order valence-corrected chi connectivity index (χ1v) is 15.3. The van der Waals surface area contributed by atoms with Gasteiger partial charge < -0.3 is 9.47 Å². The fraction of sp³-hybridized carbons (Fsp3) is 0.457. The van der Waals surface area contributed by atoms with Gasteiger partial charge in [-0.1, -0.05) is 126 Å². The average molecular weight is 549 g/mol. The summed E-state index contributed by atoms with van der Waals surface area (Å²) in [4.78, 5) is 12.7. The summed E-state index contributed by atoms with van der Waals surface area (Å²) in [6.07, 6.45) is 14.0. The Morgan fingerprint density at radius 2 is 1.18 bits per heavy atom. The molecule has 3 rings (SSSR count). The SMILES string of the molecule is CCCCCCCCCCCCOc1ccc(-c2ccc(OC(=O)C(Cl)C(CC)c3ccccc3)cc2)cc1. The van der Waals surface area contributed by atoms with Crippen molar-refractivity contribution in [2.75, 3.05) is 6.61 Å². The highest BCUT2D eigenvalue weighted by molar-refractivity contribution is 6.30. The van der Waals surface area contributed by atoms with E-state index in [4.69, 9.17) is 21.1 Å². The first kappa shape index (κ1) is 30.8. The molecule has 0 fully saturated rings. The van der Waals surface area contributed by atoms with Crippen LogP contribution in [0.3, 0.4) is 0 Å². The van der Waals surface area contributed by atoms with Gasteiger partial charge in [0.25, 0.3) is 0 Å². The maximum absolute atomic E-state index is 12.7. The van der Waals surface area contributed by atoms with Crippen LogP contribution in [-0.4, -0.2) is 18.0 Å². The molecule has 210 valence electrons. The number of alkyl halides is 1. The molecule has 2 atom stereocenters. The van der Waals surface area contributed by atoms with Crippen molar-refractivity contribution < 1.29 is 14.3 Å². The molecule has 0 aliphatic heterocycles. The molecule has 39 heavy (non-hydrogen) atoms. The molecule has 0 amide bonds. The summed E-state index contributed by atoms with van der Waals surface area (Å²) >= 11 is 6.53. The van der Waals surface area contributed by atoms with Gasteiger partial charge >= 0.3 is 5.97 Å². The van der Waals surface area contributed by atoms with E-state index in [9.17, 15) is 4.79 Å². The van der Waals surface area contributed by atoms with E-state index >= 15 is 0 Å². The largest absolute Gasteiger partial charge is 0.494 e. The van der Waals surface area contributed by atoms with Crippen LogP contribution in [0.2, 0.25) is 0 Å². The fourth-order valence-corrected chi connectivity index (χ4v) is 5.26. The molecule has 0 aliphatic rings. The van der Waals surface area contributed by atoms with Crippen LogP contribution in [0.5, 0.6) is 11.5 Å². The summed E-state index contributed by atoms with van der Waals surface area (Å²) in [7, 11) is 0. The first-order chi connectivity index (χ1) is 19.1. The Bertz CT molecular complexity index is 1060. The standard InChI is InChI=1S/C35H45ClO3/c1-3-5-6-7-8-9-10-11-12-16-27-38-31-23-19-28(20-24-31)29-21-25-32(26-22-29)39-35(37)34(36)33(4-2)30-17-14-13-15-18-30/h13-15,17-26,33-34H,3-12,16,27H2,1-2H3. The number of carbonyl (C=O) groups is 1. The molecular weight excluding hydrogens is 504 g/mol. The number of hydrogen-bond donors (Lipinski definition) is 0. The van der Waals surface area contributed by atoms with E-state index in [0.717, 1.165) is 41.9 Å². The van der Waals surface area contributed by atoms with Crippen LogP contribution in [0.1, 0.15) is 96.0 Å². The van der Waals surface area contributed by atoms with Crippen molar-refractivity contribution in [2.24, 2.45) is 0 Å². The smallest absolute Gasteiger partial charge is 0.330 e. The van der Waals surface area contributed by atoms with Gasteiger partial charge in [0, 0.05) is 5.92 Å². The third-order valence-corrected chi connectivity index (χ3v) is 7.76. The van der Waals surface area contributed by atoms with Crippen LogP contribution in [0, 0.1) is 0 Å². The summed E-state index contributed by atoms with van der Waals surface area (Å²) in [5.74, 6) is 0.876. The van der Waals surface area contributed by atoms with E-state index in [1.807, 2.05) is 73.7 Å². The Morgan fingerprint density at radius 3 is 1.72 bits per heavy atom. The summed E-state index contributed by atoms with van der Waals surface area (Å²) in [6.45, 7) is 5.06. The van der Waals surface area contributed by atoms with Crippen LogP contribution in [-0.2, 0) is 4.79 Å².